The van der Waals surface area contributed by atoms with Crippen LogP contribution in [0.1, 0.15) is 19.3 Å². The van der Waals surface area contributed by atoms with Crippen LogP contribution in [0.2, 0.25) is 0 Å². The number of hydrogen-bond donors (Lipinski definition) is 2. The van der Waals surface area contributed by atoms with E-state index in [-0.39, 0.29) is 18.8 Å². The fourth-order valence-electron chi connectivity index (χ4n) is 1.22. The molecule has 1 saturated heterocycles. The second-order valence-corrected chi connectivity index (χ2v) is 2.81. The van der Waals surface area contributed by atoms with E-state index in [1.165, 1.54) is 0 Å². The molecule has 1 aliphatic heterocycles. The summed E-state index contributed by atoms with van der Waals surface area (Å²) in [6.07, 6.45) is 1.69. The molecule has 0 aromatic carbocycles. The van der Waals surface area contributed by atoms with Crippen molar-refractivity contribution < 1.29 is 5.11 Å². The Morgan fingerprint density at radius 2 is 2.00 bits per heavy atom. The van der Waals surface area contributed by atoms with E-state index in [9.17, 15) is 5.11 Å². The molecule has 0 aliphatic carbocycles. The van der Waals surface area contributed by atoms with E-state index in [0.717, 1.165) is 13.1 Å². The third kappa shape index (κ3) is 3.06. The molecule has 0 unspecified atom stereocenters. The van der Waals surface area contributed by atoms with Crippen LogP contribution in [0.15, 0.2) is 0 Å². The molecule has 11 heavy (non-hydrogen) atoms. The first kappa shape index (κ1) is 10.7. The maximum atomic E-state index is 9.61. The summed E-state index contributed by atoms with van der Waals surface area (Å²) in [5, 5.41) is 21.1. The van der Waals surface area contributed by atoms with Crippen LogP contribution < -0.4 is 5.32 Å². The fourth-order valence-corrected chi connectivity index (χ4v) is 1.22. The molecular formula is C7H13ClN2O. The smallest absolute Gasteiger partial charge is 0.0801 e. The maximum Gasteiger partial charge on any atom is 0.0801 e. The number of piperidine rings is 1. The van der Waals surface area contributed by atoms with Crippen LogP contribution in [0.4, 0.5) is 0 Å². The molecule has 1 heterocycles. The van der Waals surface area contributed by atoms with Gasteiger partial charge in [0.05, 0.1) is 18.1 Å². The summed E-state index contributed by atoms with van der Waals surface area (Å²) in [5.74, 6) is 0. The summed E-state index contributed by atoms with van der Waals surface area (Å²) >= 11 is 0. The molecule has 0 aromatic heterocycles. The summed E-state index contributed by atoms with van der Waals surface area (Å²) in [5.41, 5.74) is -0.694. The van der Waals surface area contributed by atoms with Gasteiger partial charge in [-0.15, -0.1) is 12.4 Å². The van der Waals surface area contributed by atoms with Crippen molar-refractivity contribution >= 4 is 12.4 Å². The van der Waals surface area contributed by atoms with Gasteiger partial charge < -0.3 is 10.4 Å². The summed E-state index contributed by atoms with van der Waals surface area (Å²) in [7, 11) is 0. The van der Waals surface area contributed by atoms with Gasteiger partial charge in [0, 0.05) is 0 Å². The number of rotatable bonds is 1. The SMILES string of the molecule is Cl.N#CCC1(O)CCNCC1. The highest BCUT2D eigenvalue weighted by atomic mass is 35.5. The predicted molar refractivity (Wildman–Crippen MR) is 44.5 cm³/mol. The largest absolute Gasteiger partial charge is 0.389 e. The van der Waals surface area contributed by atoms with E-state index in [0.29, 0.717) is 12.8 Å². The molecule has 0 amide bonds. The van der Waals surface area contributed by atoms with E-state index in [4.69, 9.17) is 5.26 Å². The first-order chi connectivity index (χ1) is 4.77. The van der Waals surface area contributed by atoms with E-state index < -0.39 is 5.60 Å². The highest BCUT2D eigenvalue weighted by Crippen LogP contribution is 2.20. The van der Waals surface area contributed by atoms with Crippen molar-refractivity contribution in [2.45, 2.75) is 24.9 Å². The molecule has 2 N–H and O–H groups in total. The highest BCUT2D eigenvalue weighted by molar-refractivity contribution is 5.85. The second-order valence-electron chi connectivity index (χ2n) is 2.81. The summed E-state index contributed by atoms with van der Waals surface area (Å²) in [6.45, 7) is 1.66. The highest BCUT2D eigenvalue weighted by Gasteiger charge is 2.28. The number of hydrogen-bond acceptors (Lipinski definition) is 3. The monoisotopic (exact) mass is 176 g/mol. The number of nitrogens with one attached hydrogen (secondary N) is 1. The molecule has 64 valence electrons. The molecule has 1 rings (SSSR count). The Labute approximate surface area is 72.8 Å². The molecule has 4 heteroatoms. The Hall–Kier alpha value is -0.300. The van der Waals surface area contributed by atoms with Crippen molar-refractivity contribution in [2.24, 2.45) is 0 Å². The number of nitrogens with zero attached hydrogens (tertiary/aromatic N) is 1. The van der Waals surface area contributed by atoms with Crippen molar-refractivity contribution in [1.82, 2.24) is 5.32 Å². The molecule has 0 radical (unpaired) electrons. The number of halogens is 1. The normalized spacial score (nSPS) is 21.5. The van der Waals surface area contributed by atoms with Gasteiger partial charge in [-0.3, -0.25) is 0 Å². The average Bonchev–Trinajstić information content (AvgIpc) is 1.89. The van der Waals surface area contributed by atoms with Crippen LogP contribution in [0.3, 0.4) is 0 Å². The van der Waals surface area contributed by atoms with Gasteiger partial charge in [-0.1, -0.05) is 0 Å². The van der Waals surface area contributed by atoms with Gasteiger partial charge in [-0.2, -0.15) is 5.26 Å². The van der Waals surface area contributed by atoms with Crippen LogP contribution in [0, 0.1) is 11.3 Å². The minimum Gasteiger partial charge on any atom is -0.389 e. The minimum atomic E-state index is -0.694. The average molecular weight is 177 g/mol. The number of aliphatic hydroxyl groups is 1. The van der Waals surface area contributed by atoms with E-state index in [2.05, 4.69) is 5.32 Å². The molecule has 3 nitrogen and oxygen atoms in total. The third-order valence-corrected chi connectivity index (χ3v) is 1.94. The Bertz CT molecular complexity index is 149. The van der Waals surface area contributed by atoms with Crippen LogP contribution in [0.5, 0.6) is 0 Å². The number of nitriles is 1. The Kier molecular flexibility index (Phi) is 4.43. The van der Waals surface area contributed by atoms with Crippen LogP contribution >= 0.6 is 12.4 Å². The summed E-state index contributed by atoms with van der Waals surface area (Å²) < 4.78 is 0. The van der Waals surface area contributed by atoms with Gasteiger partial charge in [-0.25, -0.2) is 0 Å². The molecule has 0 saturated carbocycles. The van der Waals surface area contributed by atoms with Gasteiger partial charge >= 0.3 is 0 Å². The zero-order valence-electron chi connectivity index (χ0n) is 6.34. The predicted octanol–water partition coefficient (Wildman–Crippen LogP) is 0.436. The van der Waals surface area contributed by atoms with Crippen LogP contribution in [-0.2, 0) is 0 Å². The topological polar surface area (TPSA) is 56.0 Å². The lowest BCUT2D eigenvalue weighted by molar-refractivity contribution is 0.0150. The summed E-state index contributed by atoms with van der Waals surface area (Å²) in [4.78, 5) is 0. The maximum absolute atomic E-state index is 9.61. The Morgan fingerprint density at radius 3 is 2.45 bits per heavy atom. The lowest BCUT2D eigenvalue weighted by Gasteiger charge is -2.29. The van der Waals surface area contributed by atoms with Gasteiger partial charge in [0.25, 0.3) is 0 Å². The van der Waals surface area contributed by atoms with E-state index in [1.54, 1.807) is 0 Å². The molecule has 1 fully saturated rings. The Balaban J connectivity index is 0.000001000. The van der Waals surface area contributed by atoms with Crippen molar-refractivity contribution in [1.29, 1.82) is 5.26 Å². The molecule has 0 aromatic rings. The molecule has 0 atom stereocenters. The molecule has 1 aliphatic rings. The quantitative estimate of drug-likeness (QED) is 0.610. The zero-order chi connectivity index (χ0) is 7.45. The van der Waals surface area contributed by atoms with Crippen molar-refractivity contribution in [3.05, 3.63) is 0 Å². The standard InChI is InChI=1S/C7H12N2O.ClH/c8-4-1-7(10)2-5-9-6-3-7;/h9-10H,1-3,5-6H2;1H. The van der Waals surface area contributed by atoms with Gasteiger partial charge in [0.2, 0.25) is 0 Å². The third-order valence-electron chi connectivity index (χ3n) is 1.94. The van der Waals surface area contributed by atoms with Crippen LogP contribution in [-0.4, -0.2) is 23.8 Å². The van der Waals surface area contributed by atoms with Gasteiger partial charge in [0.1, 0.15) is 0 Å². The van der Waals surface area contributed by atoms with Gasteiger partial charge in [-0.05, 0) is 25.9 Å². The molecular weight excluding hydrogens is 164 g/mol. The lowest BCUT2D eigenvalue weighted by Crippen LogP contribution is -2.41. The first-order valence-corrected chi connectivity index (χ1v) is 3.57. The van der Waals surface area contributed by atoms with Crippen molar-refractivity contribution in [2.75, 3.05) is 13.1 Å². The van der Waals surface area contributed by atoms with E-state index in [1.807, 2.05) is 6.07 Å². The second kappa shape index (κ2) is 4.55. The Morgan fingerprint density at radius 1 is 1.45 bits per heavy atom. The molecule has 0 bridgehead atoms. The zero-order valence-corrected chi connectivity index (χ0v) is 7.15. The van der Waals surface area contributed by atoms with E-state index >= 15 is 0 Å². The minimum absolute atomic E-state index is 0. The van der Waals surface area contributed by atoms with Crippen LogP contribution in [0.25, 0.3) is 0 Å². The van der Waals surface area contributed by atoms with Gasteiger partial charge in [0.15, 0.2) is 0 Å². The summed E-state index contributed by atoms with van der Waals surface area (Å²) in [6, 6.07) is 2.00. The van der Waals surface area contributed by atoms with Crippen molar-refractivity contribution in [3.8, 4) is 6.07 Å². The van der Waals surface area contributed by atoms with Crippen molar-refractivity contribution in [3.63, 3.8) is 0 Å². The fraction of sp³-hybridized carbons (Fsp3) is 0.857. The lowest BCUT2D eigenvalue weighted by atomic mass is 9.90. The first-order valence-electron chi connectivity index (χ1n) is 3.57. The molecule has 0 spiro atoms.